The predicted molar refractivity (Wildman–Crippen MR) is 88.9 cm³/mol. The average Bonchev–Trinajstić information content (AvgIpc) is 2.51. The molecule has 3 nitrogen and oxygen atoms in total. The Morgan fingerprint density at radius 1 is 1.00 bits per heavy atom. The molecular weight excluding hydrogens is 328 g/mol. The number of benzene rings is 2. The van der Waals surface area contributed by atoms with Crippen molar-refractivity contribution in [1.82, 2.24) is 0 Å². The second kappa shape index (κ2) is 6.50. The molecule has 2 aromatic carbocycles. The van der Waals surface area contributed by atoms with Gasteiger partial charge in [-0.3, -0.25) is 0 Å². The van der Waals surface area contributed by atoms with E-state index in [0.29, 0.717) is 5.75 Å². The minimum atomic E-state index is 0.330. The van der Waals surface area contributed by atoms with E-state index in [-0.39, 0.29) is 0 Å². The van der Waals surface area contributed by atoms with Crippen LogP contribution < -0.4 is 9.80 Å². The maximum absolute atomic E-state index is 9.36. The molecule has 0 aromatic heterocycles. The number of piperazine rings is 1. The topological polar surface area (TPSA) is 27.9 Å². The second-order valence-corrected chi connectivity index (χ2v) is 6.38. The number of anilines is 1. The van der Waals surface area contributed by atoms with Crippen molar-refractivity contribution < 1.29 is 10.0 Å². The summed E-state index contributed by atoms with van der Waals surface area (Å²) in [6.07, 6.45) is 0. The largest absolute Gasteiger partial charge is 0.508 e. The van der Waals surface area contributed by atoms with E-state index >= 15 is 0 Å². The van der Waals surface area contributed by atoms with Crippen LogP contribution in [-0.2, 0) is 6.54 Å². The fourth-order valence-electron chi connectivity index (χ4n) is 2.83. The molecule has 4 heteroatoms. The van der Waals surface area contributed by atoms with Crippen LogP contribution in [0.2, 0.25) is 0 Å². The number of nitrogens with zero attached hydrogens (tertiary/aromatic N) is 1. The molecule has 1 aliphatic heterocycles. The minimum Gasteiger partial charge on any atom is -0.508 e. The van der Waals surface area contributed by atoms with E-state index in [2.05, 4.69) is 45.1 Å². The fraction of sp³-hybridized carbons (Fsp3) is 0.294. The third-order valence-electron chi connectivity index (χ3n) is 4.08. The van der Waals surface area contributed by atoms with Crippen molar-refractivity contribution in [3.8, 4) is 5.75 Å². The van der Waals surface area contributed by atoms with Crippen LogP contribution in [0.4, 0.5) is 5.69 Å². The van der Waals surface area contributed by atoms with Crippen LogP contribution in [0.25, 0.3) is 0 Å². The van der Waals surface area contributed by atoms with Gasteiger partial charge in [0, 0.05) is 15.7 Å². The molecule has 2 N–H and O–H groups in total. The van der Waals surface area contributed by atoms with Gasteiger partial charge in [-0.2, -0.15) is 0 Å². The van der Waals surface area contributed by atoms with Crippen LogP contribution in [0.15, 0.2) is 53.0 Å². The van der Waals surface area contributed by atoms with E-state index in [9.17, 15) is 5.11 Å². The van der Waals surface area contributed by atoms with E-state index in [1.807, 2.05) is 12.1 Å². The summed E-state index contributed by atoms with van der Waals surface area (Å²) in [6, 6.07) is 16.0. The molecular formula is C17H20BrN2O+. The van der Waals surface area contributed by atoms with Crippen LogP contribution in [0.1, 0.15) is 5.56 Å². The normalized spacial score (nSPS) is 16.1. The molecule has 1 saturated heterocycles. The van der Waals surface area contributed by atoms with Gasteiger partial charge in [0.15, 0.2) is 0 Å². The van der Waals surface area contributed by atoms with Gasteiger partial charge in [-0.05, 0) is 30.3 Å². The van der Waals surface area contributed by atoms with Crippen LogP contribution in [0.5, 0.6) is 5.75 Å². The molecule has 1 heterocycles. The number of hydrogen-bond acceptors (Lipinski definition) is 2. The molecule has 0 aliphatic carbocycles. The number of rotatable bonds is 3. The van der Waals surface area contributed by atoms with Gasteiger partial charge in [-0.15, -0.1) is 0 Å². The molecule has 0 atom stereocenters. The summed E-state index contributed by atoms with van der Waals surface area (Å²) in [6.45, 7) is 5.48. The summed E-state index contributed by atoms with van der Waals surface area (Å²) < 4.78 is 1.21. The van der Waals surface area contributed by atoms with Crippen LogP contribution in [0, 0.1) is 0 Å². The van der Waals surface area contributed by atoms with Crippen molar-refractivity contribution in [2.24, 2.45) is 0 Å². The van der Waals surface area contributed by atoms with Gasteiger partial charge in [0.2, 0.25) is 0 Å². The zero-order chi connectivity index (χ0) is 14.7. The predicted octanol–water partition coefficient (Wildman–Crippen LogP) is 2.06. The van der Waals surface area contributed by atoms with Gasteiger partial charge < -0.3 is 14.9 Å². The summed E-state index contributed by atoms with van der Waals surface area (Å²) in [4.78, 5) is 4.01. The van der Waals surface area contributed by atoms with Crippen molar-refractivity contribution in [3.05, 3.63) is 58.6 Å². The van der Waals surface area contributed by atoms with E-state index in [1.165, 1.54) is 15.7 Å². The summed E-state index contributed by atoms with van der Waals surface area (Å²) >= 11 is 3.63. The number of halogens is 1. The molecule has 1 fully saturated rings. The smallest absolute Gasteiger partial charge is 0.115 e. The highest BCUT2D eigenvalue weighted by atomic mass is 79.9. The molecule has 2 aromatic rings. The molecule has 0 amide bonds. The van der Waals surface area contributed by atoms with Gasteiger partial charge in [-0.25, -0.2) is 0 Å². The van der Waals surface area contributed by atoms with Gasteiger partial charge >= 0.3 is 0 Å². The number of phenols is 1. The Hall–Kier alpha value is -1.52. The van der Waals surface area contributed by atoms with Crippen molar-refractivity contribution in [3.63, 3.8) is 0 Å². The lowest BCUT2D eigenvalue weighted by Crippen LogP contribution is -3.13. The standard InChI is InChI=1S/C17H19BrN2O/c18-17-4-2-1-3-14(17)13-19-9-11-20(12-10-19)15-5-7-16(21)8-6-15/h1-8,21H,9-13H2/p+1. The minimum absolute atomic E-state index is 0.330. The number of nitrogens with one attached hydrogen (secondary N) is 1. The SMILES string of the molecule is Oc1ccc(N2CC[NH+](Cc3ccccc3Br)CC2)cc1. The van der Waals surface area contributed by atoms with Crippen LogP contribution in [0.3, 0.4) is 0 Å². The molecule has 0 radical (unpaired) electrons. The number of phenolic OH excluding ortho intramolecular Hbond substituents is 1. The molecule has 0 spiro atoms. The Bertz CT molecular complexity index is 592. The van der Waals surface area contributed by atoms with Gasteiger partial charge in [0.05, 0.1) is 26.2 Å². The first-order valence-electron chi connectivity index (χ1n) is 7.33. The Labute approximate surface area is 133 Å². The van der Waals surface area contributed by atoms with E-state index < -0.39 is 0 Å². The Kier molecular flexibility index (Phi) is 4.46. The molecule has 1 aliphatic rings. The zero-order valence-corrected chi connectivity index (χ0v) is 13.5. The number of quaternary nitrogens is 1. The zero-order valence-electron chi connectivity index (χ0n) is 11.9. The number of aromatic hydroxyl groups is 1. The average molecular weight is 348 g/mol. The van der Waals surface area contributed by atoms with E-state index in [1.54, 1.807) is 17.0 Å². The van der Waals surface area contributed by atoms with Crippen molar-refractivity contribution >= 4 is 21.6 Å². The first-order valence-corrected chi connectivity index (χ1v) is 8.12. The van der Waals surface area contributed by atoms with Crippen molar-refractivity contribution in [2.75, 3.05) is 31.1 Å². The Morgan fingerprint density at radius 2 is 1.67 bits per heavy atom. The highest BCUT2D eigenvalue weighted by Gasteiger charge is 2.20. The summed E-state index contributed by atoms with van der Waals surface area (Å²) in [5, 5.41) is 9.36. The molecule has 0 saturated carbocycles. The van der Waals surface area contributed by atoms with Crippen LogP contribution in [-0.4, -0.2) is 31.3 Å². The van der Waals surface area contributed by atoms with Crippen molar-refractivity contribution in [1.29, 1.82) is 0 Å². The highest BCUT2D eigenvalue weighted by Crippen LogP contribution is 2.18. The Morgan fingerprint density at radius 3 is 2.33 bits per heavy atom. The summed E-state index contributed by atoms with van der Waals surface area (Å²) in [5.74, 6) is 0.330. The monoisotopic (exact) mass is 347 g/mol. The Balaban J connectivity index is 1.58. The number of hydrogen-bond donors (Lipinski definition) is 2. The highest BCUT2D eigenvalue weighted by molar-refractivity contribution is 9.10. The van der Waals surface area contributed by atoms with E-state index in [0.717, 1.165) is 32.7 Å². The lowest BCUT2D eigenvalue weighted by molar-refractivity contribution is -0.914. The first kappa shape index (κ1) is 14.4. The fourth-order valence-corrected chi connectivity index (χ4v) is 3.26. The lowest BCUT2D eigenvalue weighted by atomic mass is 10.2. The molecule has 21 heavy (non-hydrogen) atoms. The maximum atomic E-state index is 9.36. The van der Waals surface area contributed by atoms with Gasteiger partial charge in [-0.1, -0.05) is 34.1 Å². The molecule has 0 bridgehead atoms. The quantitative estimate of drug-likeness (QED) is 0.889. The van der Waals surface area contributed by atoms with Crippen LogP contribution >= 0.6 is 15.9 Å². The van der Waals surface area contributed by atoms with Crippen molar-refractivity contribution in [2.45, 2.75) is 6.54 Å². The van der Waals surface area contributed by atoms with E-state index in [4.69, 9.17) is 0 Å². The molecule has 3 rings (SSSR count). The summed E-state index contributed by atoms with van der Waals surface area (Å²) in [5.41, 5.74) is 2.58. The second-order valence-electron chi connectivity index (χ2n) is 5.52. The first-order chi connectivity index (χ1) is 10.2. The third kappa shape index (κ3) is 3.57. The lowest BCUT2D eigenvalue weighted by Gasteiger charge is -2.33. The molecule has 0 unspecified atom stereocenters. The van der Waals surface area contributed by atoms with Gasteiger partial charge in [0.25, 0.3) is 0 Å². The van der Waals surface area contributed by atoms with Gasteiger partial charge in [0.1, 0.15) is 12.3 Å². The maximum Gasteiger partial charge on any atom is 0.115 e. The summed E-state index contributed by atoms with van der Waals surface area (Å²) in [7, 11) is 0. The molecule has 110 valence electrons. The third-order valence-corrected chi connectivity index (χ3v) is 4.86.